The van der Waals surface area contributed by atoms with Crippen molar-refractivity contribution in [1.29, 1.82) is 0 Å². The molecule has 0 aromatic heterocycles. The molecule has 4 nitrogen and oxygen atoms in total. The Kier molecular flexibility index (Phi) is 6.68. The highest BCUT2D eigenvalue weighted by Crippen LogP contribution is 2.19. The molecule has 1 aliphatic rings. The summed E-state index contributed by atoms with van der Waals surface area (Å²) < 4.78 is 5.81. The summed E-state index contributed by atoms with van der Waals surface area (Å²) >= 11 is 0. The lowest BCUT2D eigenvalue weighted by molar-refractivity contribution is 0.0691. The number of hydrogen-bond donors (Lipinski definition) is 1. The first kappa shape index (κ1) is 17.3. The SMILES string of the molecule is CCN1CCCN(CC(O)COc2cc(C)ccc2C)CC1. The third-order valence-corrected chi connectivity index (χ3v) is 4.37. The molecule has 1 aliphatic heterocycles. The molecule has 0 bridgehead atoms. The Morgan fingerprint density at radius 2 is 1.86 bits per heavy atom. The van der Waals surface area contributed by atoms with Crippen molar-refractivity contribution in [3.8, 4) is 5.75 Å². The number of hydrogen-bond acceptors (Lipinski definition) is 4. The van der Waals surface area contributed by atoms with Gasteiger partial charge in [0, 0.05) is 19.6 Å². The van der Waals surface area contributed by atoms with Gasteiger partial charge in [0.2, 0.25) is 0 Å². The summed E-state index contributed by atoms with van der Waals surface area (Å²) in [5.74, 6) is 0.882. The van der Waals surface area contributed by atoms with Gasteiger partial charge in [0.25, 0.3) is 0 Å². The van der Waals surface area contributed by atoms with Crippen LogP contribution in [0.25, 0.3) is 0 Å². The topological polar surface area (TPSA) is 35.9 Å². The van der Waals surface area contributed by atoms with Gasteiger partial charge in [0.15, 0.2) is 0 Å². The van der Waals surface area contributed by atoms with Gasteiger partial charge in [-0.25, -0.2) is 0 Å². The van der Waals surface area contributed by atoms with Crippen molar-refractivity contribution in [3.63, 3.8) is 0 Å². The monoisotopic (exact) mass is 306 g/mol. The minimum atomic E-state index is -0.437. The standard InChI is InChI=1S/C18H30N2O2/c1-4-19-8-5-9-20(11-10-19)13-17(21)14-22-18-12-15(2)6-7-16(18)3/h6-7,12,17,21H,4-5,8-11,13-14H2,1-3H3. The molecule has 1 saturated heterocycles. The van der Waals surface area contributed by atoms with Crippen LogP contribution in [0.4, 0.5) is 0 Å². The van der Waals surface area contributed by atoms with Crippen LogP contribution in [-0.4, -0.2) is 66.9 Å². The van der Waals surface area contributed by atoms with Gasteiger partial charge in [0.05, 0.1) is 0 Å². The third kappa shape index (κ3) is 5.27. The first-order chi connectivity index (χ1) is 10.6. The van der Waals surface area contributed by atoms with Gasteiger partial charge >= 0.3 is 0 Å². The molecule has 1 fully saturated rings. The lowest BCUT2D eigenvalue weighted by Crippen LogP contribution is -2.38. The van der Waals surface area contributed by atoms with E-state index in [1.54, 1.807) is 0 Å². The van der Waals surface area contributed by atoms with Gasteiger partial charge in [0.1, 0.15) is 18.5 Å². The molecule has 1 aromatic carbocycles. The van der Waals surface area contributed by atoms with Crippen molar-refractivity contribution in [3.05, 3.63) is 29.3 Å². The maximum absolute atomic E-state index is 10.3. The average Bonchev–Trinajstić information content (AvgIpc) is 2.73. The number of likely N-dealkylation sites (N-methyl/N-ethyl adjacent to an activating group) is 1. The molecular weight excluding hydrogens is 276 g/mol. The second-order valence-electron chi connectivity index (χ2n) is 6.32. The van der Waals surface area contributed by atoms with E-state index in [-0.39, 0.29) is 0 Å². The number of β-amino-alcohol motifs (C(OH)–C–C–N with tert-alkyl or cyclic N) is 1. The van der Waals surface area contributed by atoms with Crippen molar-refractivity contribution >= 4 is 0 Å². The van der Waals surface area contributed by atoms with E-state index in [4.69, 9.17) is 4.74 Å². The summed E-state index contributed by atoms with van der Waals surface area (Å²) in [4.78, 5) is 4.83. The number of benzene rings is 1. The molecule has 0 saturated carbocycles. The van der Waals surface area contributed by atoms with Crippen LogP contribution in [0.2, 0.25) is 0 Å². The van der Waals surface area contributed by atoms with Gasteiger partial charge in [-0.3, -0.25) is 4.90 Å². The van der Waals surface area contributed by atoms with Gasteiger partial charge < -0.3 is 14.7 Å². The van der Waals surface area contributed by atoms with E-state index in [0.717, 1.165) is 37.5 Å². The molecule has 1 aromatic rings. The normalized spacial score (nSPS) is 18.9. The summed E-state index contributed by atoms with van der Waals surface area (Å²) in [7, 11) is 0. The molecule has 2 rings (SSSR count). The first-order valence-electron chi connectivity index (χ1n) is 8.41. The van der Waals surface area contributed by atoms with Gasteiger partial charge in [-0.15, -0.1) is 0 Å². The minimum absolute atomic E-state index is 0.359. The number of aliphatic hydroxyl groups is 1. The van der Waals surface area contributed by atoms with Gasteiger partial charge in [-0.05, 0) is 57.1 Å². The van der Waals surface area contributed by atoms with Crippen molar-refractivity contribution in [2.24, 2.45) is 0 Å². The Morgan fingerprint density at radius 1 is 1.14 bits per heavy atom. The highest BCUT2D eigenvalue weighted by atomic mass is 16.5. The lowest BCUT2D eigenvalue weighted by atomic mass is 10.1. The Hall–Kier alpha value is -1.10. The Morgan fingerprint density at radius 3 is 2.64 bits per heavy atom. The fraction of sp³-hybridized carbons (Fsp3) is 0.667. The van der Waals surface area contributed by atoms with Crippen molar-refractivity contribution in [1.82, 2.24) is 9.80 Å². The molecule has 1 N–H and O–H groups in total. The molecule has 0 aliphatic carbocycles. The first-order valence-corrected chi connectivity index (χ1v) is 8.41. The molecule has 1 heterocycles. The third-order valence-electron chi connectivity index (χ3n) is 4.37. The zero-order valence-electron chi connectivity index (χ0n) is 14.2. The largest absolute Gasteiger partial charge is 0.491 e. The molecule has 22 heavy (non-hydrogen) atoms. The van der Waals surface area contributed by atoms with Crippen LogP contribution >= 0.6 is 0 Å². The van der Waals surface area contributed by atoms with Gasteiger partial charge in [-0.2, -0.15) is 0 Å². The summed E-state index contributed by atoms with van der Waals surface area (Å²) in [6.07, 6.45) is 0.742. The lowest BCUT2D eigenvalue weighted by Gasteiger charge is -2.24. The van der Waals surface area contributed by atoms with E-state index in [0.29, 0.717) is 13.2 Å². The predicted molar refractivity (Wildman–Crippen MR) is 90.6 cm³/mol. The van der Waals surface area contributed by atoms with Crippen LogP contribution in [0.15, 0.2) is 18.2 Å². The molecule has 0 amide bonds. The van der Waals surface area contributed by atoms with E-state index >= 15 is 0 Å². The van der Waals surface area contributed by atoms with Crippen LogP contribution < -0.4 is 4.74 Å². The van der Waals surface area contributed by atoms with Gasteiger partial charge in [-0.1, -0.05) is 19.1 Å². The maximum Gasteiger partial charge on any atom is 0.122 e. The van der Waals surface area contributed by atoms with E-state index < -0.39 is 6.10 Å². The molecule has 0 radical (unpaired) electrons. The highest BCUT2D eigenvalue weighted by Gasteiger charge is 2.17. The van der Waals surface area contributed by atoms with Crippen LogP contribution in [0, 0.1) is 13.8 Å². The fourth-order valence-electron chi connectivity index (χ4n) is 2.92. The molecule has 4 heteroatoms. The second-order valence-corrected chi connectivity index (χ2v) is 6.32. The van der Waals surface area contributed by atoms with Crippen molar-refractivity contribution in [2.45, 2.75) is 33.3 Å². The quantitative estimate of drug-likeness (QED) is 0.873. The molecule has 1 atom stereocenters. The number of rotatable bonds is 6. The molecule has 0 spiro atoms. The predicted octanol–water partition coefficient (Wildman–Crippen LogP) is 2.07. The summed E-state index contributed by atoms with van der Waals surface area (Å²) in [5, 5.41) is 10.3. The molecule has 1 unspecified atom stereocenters. The van der Waals surface area contributed by atoms with E-state index in [9.17, 15) is 5.11 Å². The second kappa shape index (κ2) is 8.51. The van der Waals surface area contributed by atoms with Crippen LogP contribution in [0.1, 0.15) is 24.5 Å². The smallest absolute Gasteiger partial charge is 0.122 e. The summed E-state index contributed by atoms with van der Waals surface area (Å²) in [5.41, 5.74) is 2.30. The van der Waals surface area contributed by atoms with Crippen LogP contribution in [0.5, 0.6) is 5.75 Å². The highest BCUT2D eigenvalue weighted by molar-refractivity contribution is 5.35. The van der Waals surface area contributed by atoms with Crippen molar-refractivity contribution < 1.29 is 9.84 Å². The average molecular weight is 306 g/mol. The zero-order chi connectivity index (χ0) is 15.9. The van der Waals surface area contributed by atoms with E-state index in [2.05, 4.69) is 35.8 Å². The van der Waals surface area contributed by atoms with Crippen LogP contribution in [-0.2, 0) is 0 Å². The number of aliphatic hydroxyl groups excluding tert-OH is 1. The van der Waals surface area contributed by atoms with E-state index in [1.807, 2.05) is 13.0 Å². The maximum atomic E-state index is 10.3. The molecular formula is C18H30N2O2. The van der Waals surface area contributed by atoms with E-state index in [1.165, 1.54) is 18.5 Å². The molecule has 124 valence electrons. The number of nitrogens with zero attached hydrogens (tertiary/aromatic N) is 2. The zero-order valence-corrected chi connectivity index (χ0v) is 14.2. The number of ether oxygens (including phenoxy) is 1. The fourth-order valence-corrected chi connectivity index (χ4v) is 2.92. The summed E-state index contributed by atoms with van der Waals surface area (Å²) in [6.45, 7) is 12.8. The number of aryl methyl sites for hydroxylation is 2. The minimum Gasteiger partial charge on any atom is -0.491 e. The Bertz CT molecular complexity index is 464. The van der Waals surface area contributed by atoms with Crippen molar-refractivity contribution in [2.75, 3.05) is 45.9 Å². The van der Waals surface area contributed by atoms with Crippen LogP contribution in [0.3, 0.4) is 0 Å². The Balaban J connectivity index is 1.77. The summed E-state index contributed by atoms with van der Waals surface area (Å²) in [6, 6.07) is 6.17. The Labute approximate surface area is 134 Å².